The van der Waals surface area contributed by atoms with Gasteiger partial charge in [0.1, 0.15) is 11.8 Å². The van der Waals surface area contributed by atoms with Gasteiger partial charge in [-0.1, -0.05) is 12.1 Å². The summed E-state index contributed by atoms with van der Waals surface area (Å²) in [6.45, 7) is 2.01. The summed E-state index contributed by atoms with van der Waals surface area (Å²) in [7, 11) is 0. The lowest BCUT2D eigenvalue weighted by atomic mass is 10.0. The van der Waals surface area contributed by atoms with Gasteiger partial charge in [0, 0.05) is 28.2 Å². The summed E-state index contributed by atoms with van der Waals surface area (Å²) in [6.07, 6.45) is 4.53. The number of furan rings is 1. The molecular formula is C14H11NO3. The molecule has 0 atom stereocenters. The standard InChI is InChI=1S/C14H11NO3/c1-8-2-3-9-10(5-15-13(9)4-8)11-6-18-7-12(11)14(16)17/h2-7,15H,1H3,(H,16,17). The zero-order valence-electron chi connectivity index (χ0n) is 9.73. The van der Waals surface area contributed by atoms with E-state index in [0.29, 0.717) is 5.56 Å². The van der Waals surface area contributed by atoms with E-state index < -0.39 is 5.97 Å². The molecule has 0 bridgehead atoms. The molecule has 0 saturated carbocycles. The number of H-pyrrole nitrogens is 1. The van der Waals surface area contributed by atoms with Gasteiger partial charge in [0.2, 0.25) is 0 Å². The van der Waals surface area contributed by atoms with E-state index in [4.69, 9.17) is 9.52 Å². The van der Waals surface area contributed by atoms with Gasteiger partial charge in [0.15, 0.2) is 0 Å². The third kappa shape index (κ3) is 1.50. The molecule has 2 aromatic heterocycles. The predicted octanol–water partition coefficient (Wildman–Crippen LogP) is 3.43. The average molecular weight is 241 g/mol. The van der Waals surface area contributed by atoms with Crippen LogP contribution in [-0.2, 0) is 0 Å². The van der Waals surface area contributed by atoms with Gasteiger partial charge in [-0.15, -0.1) is 0 Å². The molecule has 0 unspecified atom stereocenters. The van der Waals surface area contributed by atoms with Crippen molar-refractivity contribution in [3.63, 3.8) is 0 Å². The van der Waals surface area contributed by atoms with Crippen molar-refractivity contribution in [2.45, 2.75) is 6.92 Å². The number of rotatable bonds is 2. The Kier molecular flexibility index (Phi) is 2.23. The number of aryl methyl sites for hydroxylation is 1. The molecule has 90 valence electrons. The van der Waals surface area contributed by atoms with Crippen molar-refractivity contribution >= 4 is 16.9 Å². The minimum atomic E-state index is -0.986. The summed E-state index contributed by atoms with van der Waals surface area (Å²) >= 11 is 0. The Morgan fingerprint density at radius 1 is 1.28 bits per heavy atom. The van der Waals surface area contributed by atoms with Crippen LogP contribution in [0.4, 0.5) is 0 Å². The highest BCUT2D eigenvalue weighted by molar-refractivity contribution is 6.02. The molecule has 4 heteroatoms. The van der Waals surface area contributed by atoms with Crippen LogP contribution >= 0.6 is 0 Å². The van der Waals surface area contributed by atoms with Crippen LogP contribution in [0.25, 0.3) is 22.0 Å². The van der Waals surface area contributed by atoms with Crippen molar-refractivity contribution < 1.29 is 14.3 Å². The summed E-state index contributed by atoms with van der Waals surface area (Å²) in [4.78, 5) is 14.2. The highest BCUT2D eigenvalue weighted by Crippen LogP contribution is 2.32. The van der Waals surface area contributed by atoms with Crippen LogP contribution in [0.15, 0.2) is 41.3 Å². The quantitative estimate of drug-likeness (QED) is 0.722. The van der Waals surface area contributed by atoms with Crippen LogP contribution in [0.5, 0.6) is 0 Å². The van der Waals surface area contributed by atoms with Crippen molar-refractivity contribution in [1.29, 1.82) is 0 Å². The summed E-state index contributed by atoms with van der Waals surface area (Å²) in [5.74, 6) is -0.986. The molecule has 2 N–H and O–H groups in total. The molecule has 1 aromatic carbocycles. The first-order chi connectivity index (χ1) is 8.66. The Labute approximate surface area is 103 Å². The number of aromatic amines is 1. The van der Waals surface area contributed by atoms with E-state index in [1.807, 2.05) is 25.1 Å². The second-order valence-electron chi connectivity index (χ2n) is 4.26. The Morgan fingerprint density at radius 3 is 2.89 bits per heavy atom. The molecule has 0 aliphatic rings. The number of hydrogen-bond acceptors (Lipinski definition) is 2. The lowest BCUT2D eigenvalue weighted by Crippen LogP contribution is -1.95. The second kappa shape index (κ2) is 3.77. The molecule has 0 spiro atoms. The van der Waals surface area contributed by atoms with E-state index in [9.17, 15) is 4.79 Å². The zero-order valence-corrected chi connectivity index (χ0v) is 9.73. The smallest absolute Gasteiger partial charge is 0.339 e. The number of fused-ring (bicyclic) bond motifs is 1. The highest BCUT2D eigenvalue weighted by Gasteiger charge is 2.17. The molecule has 0 saturated heterocycles. The molecule has 0 aliphatic carbocycles. The van der Waals surface area contributed by atoms with Crippen molar-refractivity contribution in [3.8, 4) is 11.1 Å². The fourth-order valence-corrected chi connectivity index (χ4v) is 2.13. The predicted molar refractivity (Wildman–Crippen MR) is 67.7 cm³/mol. The fraction of sp³-hybridized carbons (Fsp3) is 0.0714. The van der Waals surface area contributed by atoms with Gasteiger partial charge >= 0.3 is 5.97 Å². The van der Waals surface area contributed by atoms with Gasteiger partial charge in [-0.05, 0) is 18.6 Å². The molecule has 0 fully saturated rings. The first kappa shape index (κ1) is 10.7. The SMILES string of the molecule is Cc1ccc2c(-c3cocc3C(=O)O)c[nH]c2c1. The minimum Gasteiger partial charge on any atom is -0.478 e. The Morgan fingerprint density at radius 2 is 2.11 bits per heavy atom. The summed E-state index contributed by atoms with van der Waals surface area (Å²) < 4.78 is 5.01. The van der Waals surface area contributed by atoms with E-state index >= 15 is 0 Å². The van der Waals surface area contributed by atoms with Crippen molar-refractivity contribution in [2.75, 3.05) is 0 Å². The van der Waals surface area contributed by atoms with Gasteiger partial charge in [0.25, 0.3) is 0 Å². The van der Waals surface area contributed by atoms with Crippen LogP contribution in [-0.4, -0.2) is 16.1 Å². The van der Waals surface area contributed by atoms with E-state index in [1.165, 1.54) is 12.5 Å². The molecular weight excluding hydrogens is 230 g/mol. The number of carboxylic acid groups (broad SMARTS) is 1. The monoisotopic (exact) mass is 241 g/mol. The Bertz CT molecular complexity index is 736. The van der Waals surface area contributed by atoms with Crippen molar-refractivity contribution in [1.82, 2.24) is 4.98 Å². The molecule has 0 aliphatic heterocycles. The maximum absolute atomic E-state index is 11.1. The third-order valence-corrected chi connectivity index (χ3v) is 3.02. The maximum Gasteiger partial charge on any atom is 0.339 e. The van der Waals surface area contributed by atoms with E-state index in [-0.39, 0.29) is 5.56 Å². The van der Waals surface area contributed by atoms with Gasteiger partial charge in [-0.2, -0.15) is 0 Å². The fourth-order valence-electron chi connectivity index (χ4n) is 2.13. The lowest BCUT2D eigenvalue weighted by molar-refractivity contribution is 0.0697. The molecule has 4 nitrogen and oxygen atoms in total. The lowest BCUT2D eigenvalue weighted by Gasteiger charge is -1.98. The van der Waals surface area contributed by atoms with Crippen LogP contribution in [0.3, 0.4) is 0 Å². The highest BCUT2D eigenvalue weighted by atomic mass is 16.4. The van der Waals surface area contributed by atoms with Crippen molar-refractivity contribution in [3.05, 3.63) is 48.0 Å². The summed E-state index contributed by atoms with van der Waals surface area (Å²) in [6, 6.07) is 6.01. The van der Waals surface area contributed by atoms with E-state index in [1.54, 1.807) is 6.20 Å². The molecule has 2 heterocycles. The number of hydrogen-bond donors (Lipinski definition) is 2. The van der Waals surface area contributed by atoms with Gasteiger partial charge in [-0.3, -0.25) is 0 Å². The van der Waals surface area contributed by atoms with Gasteiger partial charge in [0.05, 0.1) is 6.26 Å². The number of aromatic carboxylic acids is 1. The third-order valence-electron chi connectivity index (χ3n) is 3.02. The number of carbonyl (C=O) groups is 1. The van der Waals surface area contributed by atoms with Crippen molar-refractivity contribution in [2.24, 2.45) is 0 Å². The molecule has 0 radical (unpaired) electrons. The van der Waals surface area contributed by atoms with Crippen LogP contribution in [0.2, 0.25) is 0 Å². The number of carboxylic acids is 1. The van der Waals surface area contributed by atoms with Crippen LogP contribution < -0.4 is 0 Å². The maximum atomic E-state index is 11.1. The molecule has 3 rings (SSSR count). The normalized spacial score (nSPS) is 10.9. The number of aromatic nitrogens is 1. The summed E-state index contributed by atoms with van der Waals surface area (Å²) in [5.41, 5.74) is 3.76. The van der Waals surface area contributed by atoms with E-state index in [0.717, 1.165) is 22.0 Å². The largest absolute Gasteiger partial charge is 0.478 e. The van der Waals surface area contributed by atoms with Crippen LogP contribution in [0, 0.1) is 6.92 Å². The first-order valence-corrected chi connectivity index (χ1v) is 5.54. The summed E-state index contributed by atoms with van der Waals surface area (Å²) in [5, 5.41) is 10.1. The first-order valence-electron chi connectivity index (χ1n) is 5.54. The topological polar surface area (TPSA) is 66.2 Å². The number of benzene rings is 1. The van der Waals surface area contributed by atoms with Gasteiger partial charge < -0.3 is 14.5 Å². The average Bonchev–Trinajstić information content (AvgIpc) is 2.92. The molecule has 0 amide bonds. The Balaban J connectivity index is 2.26. The zero-order chi connectivity index (χ0) is 12.7. The van der Waals surface area contributed by atoms with E-state index in [2.05, 4.69) is 4.98 Å². The molecule has 18 heavy (non-hydrogen) atoms. The Hall–Kier alpha value is -2.49. The van der Waals surface area contributed by atoms with Gasteiger partial charge in [-0.25, -0.2) is 4.79 Å². The van der Waals surface area contributed by atoms with Crippen LogP contribution in [0.1, 0.15) is 15.9 Å². The minimum absolute atomic E-state index is 0.177. The second-order valence-corrected chi connectivity index (χ2v) is 4.26. The molecule has 3 aromatic rings. The number of nitrogens with one attached hydrogen (secondary N) is 1.